The van der Waals surface area contributed by atoms with Gasteiger partial charge < -0.3 is 4.90 Å². The number of aryl methyl sites for hydroxylation is 1. The summed E-state index contributed by atoms with van der Waals surface area (Å²) < 4.78 is 41.9. The number of thioether (sulfide) groups is 1. The lowest BCUT2D eigenvalue weighted by Crippen LogP contribution is -2.31. The molecule has 2 heterocycles. The number of benzene rings is 2. The molecule has 4 rings (SSSR count). The van der Waals surface area contributed by atoms with Crippen molar-refractivity contribution in [1.29, 1.82) is 0 Å². The van der Waals surface area contributed by atoms with Gasteiger partial charge in [0.05, 0.1) is 16.1 Å². The standard InChI is InChI=1S/C20H15ClF3N2S/c1-25-9-8-12(14-4-3-5-15(19(14)25)20(22,23)24)10-18-26(2)16-11-13(21)6-7-17(16)27-18/h3-11H,1-2H3/q+1. The van der Waals surface area contributed by atoms with Gasteiger partial charge in [0.25, 0.3) is 0 Å². The van der Waals surface area contributed by atoms with E-state index in [2.05, 4.69) is 0 Å². The lowest BCUT2D eigenvalue weighted by molar-refractivity contribution is -0.645. The molecule has 0 fully saturated rings. The van der Waals surface area contributed by atoms with E-state index in [1.54, 1.807) is 31.1 Å². The van der Waals surface area contributed by atoms with Crippen LogP contribution in [0.15, 0.2) is 58.6 Å². The third kappa shape index (κ3) is 3.17. The lowest BCUT2D eigenvalue weighted by atomic mass is 10.0. The van der Waals surface area contributed by atoms with Crippen LogP contribution in [-0.4, -0.2) is 7.05 Å². The van der Waals surface area contributed by atoms with E-state index in [-0.39, 0.29) is 5.52 Å². The van der Waals surface area contributed by atoms with Crippen LogP contribution in [0.4, 0.5) is 18.9 Å². The SMILES string of the molecule is CN1/C(=C/c2cc[n+](C)c3c(C(F)(F)F)cccc23)Sc2ccc(Cl)cc21. The molecule has 0 unspecified atom stereocenters. The molecule has 0 atom stereocenters. The third-order valence-corrected chi connectivity index (χ3v) is 5.99. The number of aromatic nitrogens is 1. The Morgan fingerprint density at radius 1 is 1.15 bits per heavy atom. The molecule has 0 saturated heterocycles. The smallest absolute Gasteiger partial charge is 0.338 e. The maximum atomic E-state index is 13.5. The molecule has 1 aliphatic rings. The summed E-state index contributed by atoms with van der Waals surface area (Å²) in [5.74, 6) is 0. The summed E-state index contributed by atoms with van der Waals surface area (Å²) in [5, 5.41) is 2.14. The van der Waals surface area contributed by atoms with Gasteiger partial charge in [0.2, 0.25) is 5.52 Å². The molecule has 0 amide bonds. The molecule has 27 heavy (non-hydrogen) atoms. The number of alkyl halides is 3. The first-order chi connectivity index (χ1) is 12.8. The molecule has 7 heteroatoms. The van der Waals surface area contributed by atoms with Crippen molar-refractivity contribution in [2.75, 3.05) is 11.9 Å². The second kappa shape index (κ2) is 6.46. The number of halogens is 4. The fourth-order valence-corrected chi connectivity index (χ4v) is 4.51. The molecular formula is C20H15ClF3N2S+. The molecule has 1 aromatic heterocycles. The monoisotopic (exact) mass is 407 g/mol. The van der Waals surface area contributed by atoms with E-state index in [0.717, 1.165) is 27.2 Å². The number of pyridine rings is 1. The molecule has 0 aliphatic carbocycles. The van der Waals surface area contributed by atoms with Crippen LogP contribution in [0, 0.1) is 0 Å². The van der Waals surface area contributed by atoms with Crippen LogP contribution in [0.2, 0.25) is 5.02 Å². The molecule has 1 aliphatic heterocycles. The van der Waals surface area contributed by atoms with Crippen molar-refractivity contribution in [2.45, 2.75) is 11.1 Å². The zero-order valence-electron chi connectivity index (χ0n) is 14.5. The van der Waals surface area contributed by atoms with E-state index in [9.17, 15) is 13.2 Å². The summed E-state index contributed by atoms with van der Waals surface area (Å²) in [6.45, 7) is 0. The van der Waals surface area contributed by atoms with Crippen LogP contribution in [0.3, 0.4) is 0 Å². The van der Waals surface area contributed by atoms with Gasteiger partial charge in [-0.15, -0.1) is 0 Å². The average Bonchev–Trinajstić information content (AvgIpc) is 2.92. The van der Waals surface area contributed by atoms with Crippen LogP contribution in [0.5, 0.6) is 0 Å². The normalized spacial score (nSPS) is 15.6. The molecule has 2 nitrogen and oxygen atoms in total. The maximum absolute atomic E-state index is 13.5. The summed E-state index contributed by atoms with van der Waals surface area (Å²) in [6, 6.07) is 11.8. The highest BCUT2D eigenvalue weighted by Gasteiger charge is 2.36. The summed E-state index contributed by atoms with van der Waals surface area (Å²) in [7, 11) is 3.55. The van der Waals surface area contributed by atoms with Crippen LogP contribution in [0.25, 0.3) is 17.0 Å². The number of rotatable bonds is 1. The molecule has 138 valence electrons. The highest BCUT2D eigenvalue weighted by Crippen LogP contribution is 2.47. The van der Waals surface area contributed by atoms with Crippen LogP contribution >= 0.6 is 23.4 Å². The van der Waals surface area contributed by atoms with Crippen LogP contribution < -0.4 is 9.47 Å². The predicted molar refractivity (Wildman–Crippen MR) is 104 cm³/mol. The molecule has 2 aromatic carbocycles. The Hall–Kier alpha value is -2.18. The number of anilines is 1. The highest BCUT2D eigenvalue weighted by atomic mass is 35.5. The van der Waals surface area contributed by atoms with Crippen molar-refractivity contribution in [2.24, 2.45) is 7.05 Å². The van der Waals surface area contributed by atoms with Crippen LogP contribution in [0.1, 0.15) is 11.1 Å². The number of hydrogen-bond acceptors (Lipinski definition) is 2. The molecule has 3 aromatic rings. The number of nitrogens with zero attached hydrogens (tertiary/aromatic N) is 2. The largest absolute Gasteiger partial charge is 0.422 e. The van der Waals surface area contributed by atoms with Gasteiger partial charge in [-0.2, -0.15) is 13.2 Å². The van der Waals surface area contributed by atoms with Gasteiger partial charge in [-0.3, -0.25) is 0 Å². The topological polar surface area (TPSA) is 7.12 Å². The van der Waals surface area contributed by atoms with Gasteiger partial charge in [-0.05, 0) is 42.0 Å². The molecule has 0 N–H and O–H groups in total. The summed E-state index contributed by atoms with van der Waals surface area (Å²) in [5.41, 5.74) is 1.26. The fraction of sp³-hybridized carbons (Fsp3) is 0.150. The maximum Gasteiger partial charge on any atom is 0.422 e. The van der Waals surface area contributed by atoms with E-state index in [1.165, 1.54) is 10.6 Å². The van der Waals surface area contributed by atoms with Gasteiger partial charge in [0.1, 0.15) is 12.6 Å². The van der Waals surface area contributed by atoms with Gasteiger partial charge in [-0.1, -0.05) is 29.4 Å². The Morgan fingerprint density at radius 3 is 2.67 bits per heavy atom. The Labute approximate surface area is 163 Å². The minimum absolute atomic E-state index is 0.172. The molecule has 0 radical (unpaired) electrons. The number of fused-ring (bicyclic) bond motifs is 2. The lowest BCUT2D eigenvalue weighted by Gasteiger charge is -2.14. The van der Waals surface area contributed by atoms with Gasteiger partial charge >= 0.3 is 6.18 Å². The minimum Gasteiger partial charge on any atom is -0.338 e. The van der Waals surface area contributed by atoms with E-state index in [1.807, 2.05) is 42.3 Å². The summed E-state index contributed by atoms with van der Waals surface area (Å²) in [6.07, 6.45) is -0.830. The fourth-order valence-electron chi connectivity index (χ4n) is 3.27. The highest BCUT2D eigenvalue weighted by molar-refractivity contribution is 8.03. The third-order valence-electron chi connectivity index (χ3n) is 4.59. The Bertz CT molecular complexity index is 1090. The van der Waals surface area contributed by atoms with Gasteiger partial charge in [0.15, 0.2) is 6.20 Å². The number of para-hydroxylation sites is 1. The Balaban J connectivity index is 1.87. The first-order valence-electron chi connectivity index (χ1n) is 8.17. The zero-order valence-corrected chi connectivity index (χ0v) is 16.1. The van der Waals surface area contributed by atoms with Crippen molar-refractivity contribution in [3.8, 4) is 0 Å². The second-order valence-corrected chi connectivity index (χ2v) is 7.84. The van der Waals surface area contributed by atoms with Gasteiger partial charge in [-0.25, -0.2) is 4.57 Å². The quantitative estimate of drug-likeness (QED) is 0.465. The first-order valence-corrected chi connectivity index (χ1v) is 9.36. The number of hydrogen-bond donors (Lipinski definition) is 0. The minimum atomic E-state index is -4.41. The van der Waals surface area contributed by atoms with Crippen molar-refractivity contribution < 1.29 is 17.7 Å². The Kier molecular flexibility index (Phi) is 4.35. The molecule has 0 bridgehead atoms. The van der Waals surface area contributed by atoms with Crippen molar-refractivity contribution in [3.63, 3.8) is 0 Å². The molecule has 0 spiro atoms. The van der Waals surface area contributed by atoms with E-state index < -0.39 is 11.7 Å². The van der Waals surface area contributed by atoms with E-state index >= 15 is 0 Å². The molecule has 0 saturated carbocycles. The second-order valence-electron chi connectivity index (χ2n) is 6.34. The van der Waals surface area contributed by atoms with Crippen molar-refractivity contribution in [1.82, 2.24) is 0 Å². The van der Waals surface area contributed by atoms with E-state index in [0.29, 0.717) is 10.4 Å². The molecular weight excluding hydrogens is 393 g/mol. The van der Waals surface area contributed by atoms with Crippen molar-refractivity contribution in [3.05, 3.63) is 69.8 Å². The predicted octanol–water partition coefficient (Wildman–Crippen LogP) is 5.88. The van der Waals surface area contributed by atoms with Crippen molar-refractivity contribution >= 4 is 46.0 Å². The average molecular weight is 408 g/mol. The van der Waals surface area contributed by atoms with Crippen LogP contribution in [-0.2, 0) is 13.2 Å². The summed E-state index contributed by atoms with van der Waals surface area (Å²) in [4.78, 5) is 3.06. The van der Waals surface area contributed by atoms with Gasteiger partial charge in [0, 0.05) is 23.0 Å². The first kappa shape index (κ1) is 18.2. The van der Waals surface area contributed by atoms with E-state index in [4.69, 9.17) is 11.6 Å². The zero-order chi connectivity index (χ0) is 19.3. The summed E-state index contributed by atoms with van der Waals surface area (Å²) >= 11 is 7.66. The Morgan fingerprint density at radius 2 is 1.93 bits per heavy atom.